The molecule has 0 aromatic heterocycles. The average Bonchev–Trinajstić information content (AvgIpc) is 3.34. The molecule has 2 aliphatic heterocycles. The second kappa shape index (κ2) is 6.82. The van der Waals surface area contributed by atoms with Crippen LogP contribution in [-0.2, 0) is 9.59 Å². The number of carbonyl (C=O) groups is 2. The van der Waals surface area contributed by atoms with Crippen LogP contribution in [0.5, 0.6) is 0 Å². The highest BCUT2D eigenvalue weighted by Crippen LogP contribution is 2.48. The molecule has 4 rings (SSSR count). The fraction of sp³-hybridized carbons (Fsp3) is 0.579. The standard InChI is InChI=1S/C19H23N3O4S/c1-19-10-9-17(23)21(19)16(12-27-19)18(24)20(13-5-2-3-6-13)14-7-4-8-15(11-14)22(25)26/h4,7-8,11,13,16H,2-3,5-6,9-10,12H2,1H3/t16-,19-/m1/s1. The van der Waals surface area contributed by atoms with Gasteiger partial charge in [-0.15, -0.1) is 11.8 Å². The molecule has 0 radical (unpaired) electrons. The molecule has 27 heavy (non-hydrogen) atoms. The lowest BCUT2D eigenvalue weighted by molar-refractivity contribution is -0.384. The van der Waals surface area contributed by atoms with E-state index in [0.717, 1.165) is 32.1 Å². The number of nitrogens with zero attached hydrogens (tertiary/aromatic N) is 3. The number of rotatable bonds is 4. The molecule has 1 aliphatic carbocycles. The minimum absolute atomic E-state index is 0.0221. The van der Waals surface area contributed by atoms with Crippen molar-refractivity contribution in [3.63, 3.8) is 0 Å². The van der Waals surface area contributed by atoms with Crippen molar-refractivity contribution in [2.24, 2.45) is 0 Å². The van der Waals surface area contributed by atoms with Crippen molar-refractivity contribution < 1.29 is 14.5 Å². The molecule has 2 heterocycles. The van der Waals surface area contributed by atoms with Crippen LogP contribution in [0.1, 0.15) is 45.4 Å². The third-order valence-electron chi connectivity index (χ3n) is 5.98. The van der Waals surface area contributed by atoms with E-state index in [9.17, 15) is 19.7 Å². The topological polar surface area (TPSA) is 83.8 Å². The molecule has 1 aromatic rings. The second-order valence-corrected chi connectivity index (χ2v) is 9.19. The first-order chi connectivity index (χ1) is 12.9. The van der Waals surface area contributed by atoms with E-state index >= 15 is 0 Å². The summed E-state index contributed by atoms with van der Waals surface area (Å²) in [5.41, 5.74) is 0.539. The third-order valence-corrected chi connectivity index (χ3v) is 7.48. The maximum absolute atomic E-state index is 13.6. The number of non-ortho nitro benzene ring substituents is 1. The number of anilines is 1. The molecular formula is C19H23N3O4S. The Morgan fingerprint density at radius 2 is 2.11 bits per heavy atom. The SMILES string of the molecule is C[C@@]12CCC(=O)N1[C@@H](C(=O)N(c1cccc([N+](=O)[O-])c1)C1CCCC1)CS2. The van der Waals surface area contributed by atoms with Gasteiger partial charge in [0.1, 0.15) is 6.04 Å². The van der Waals surface area contributed by atoms with Gasteiger partial charge in [0, 0.05) is 30.3 Å². The van der Waals surface area contributed by atoms with Crippen LogP contribution < -0.4 is 4.90 Å². The summed E-state index contributed by atoms with van der Waals surface area (Å²) in [4.78, 5) is 40.0. The summed E-state index contributed by atoms with van der Waals surface area (Å²) in [6.45, 7) is 2.03. The van der Waals surface area contributed by atoms with Crippen molar-refractivity contribution >= 4 is 35.0 Å². The number of hydrogen-bond donors (Lipinski definition) is 0. The Balaban J connectivity index is 1.69. The second-order valence-electron chi connectivity index (χ2n) is 7.69. The van der Waals surface area contributed by atoms with Crippen LogP contribution >= 0.6 is 11.8 Å². The van der Waals surface area contributed by atoms with E-state index in [1.54, 1.807) is 33.7 Å². The van der Waals surface area contributed by atoms with Crippen LogP contribution in [0.3, 0.4) is 0 Å². The molecule has 8 heteroatoms. The quantitative estimate of drug-likeness (QED) is 0.583. The number of fused-ring (bicyclic) bond motifs is 1. The molecule has 2 saturated heterocycles. The normalized spacial score (nSPS) is 27.8. The molecule has 2 atom stereocenters. The van der Waals surface area contributed by atoms with Crippen molar-refractivity contribution in [1.29, 1.82) is 0 Å². The first kappa shape index (κ1) is 18.3. The van der Waals surface area contributed by atoms with Gasteiger partial charge in [-0.25, -0.2) is 0 Å². The van der Waals surface area contributed by atoms with Crippen molar-refractivity contribution in [2.75, 3.05) is 10.7 Å². The largest absolute Gasteiger partial charge is 0.315 e. The van der Waals surface area contributed by atoms with Gasteiger partial charge in [0.15, 0.2) is 0 Å². The molecule has 0 N–H and O–H groups in total. The van der Waals surface area contributed by atoms with Gasteiger partial charge in [-0.05, 0) is 32.3 Å². The maximum Gasteiger partial charge on any atom is 0.271 e. The first-order valence-electron chi connectivity index (χ1n) is 9.44. The summed E-state index contributed by atoms with van der Waals surface area (Å²) in [6, 6.07) is 5.84. The third kappa shape index (κ3) is 3.09. The Kier molecular flexibility index (Phi) is 4.61. The fourth-order valence-corrected chi connectivity index (χ4v) is 6.02. The molecule has 144 valence electrons. The number of carbonyl (C=O) groups excluding carboxylic acids is 2. The highest BCUT2D eigenvalue weighted by Gasteiger charge is 2.54. The number of amides is 2. The molecule has 2 amide bonds. The Morgan fingerprint density at radius 1 is 1.37 bits per heavy atom. The van der Waals surface area contributed by atoms with Crippen molar-refractivity contribution in [2.45, 2.75) is 62.4 Å². The molecule has 3 fully saturated rings. The summed E-state index contributed by atoms with van der Waals surface area (Å²) >= 11 is 1.67. The van der Waals surface area contributed by atoms with Gasteiger partial charge in [-0.3, -0.25) is 19.7 Å². The van der Waals surface area contributed by atoms with E-state index in [-0.39, 0.29) is 28.4 Å². The smallest absolute Gasteiger partial charge is 0.271 e. The van der Waals surface area contributed by atoms with Crippen LogP contribution in [0.25, 0.3) is 0 Å². The monoisotopic (exact) mass is 389 g/mol. The van der Waals surface area contributed by atoms with E-state index in [1.807, 2.05) is 6.92 Å². The highest BCUT2D eigenvalue weighted by atomic mass is 32.2. The summed E-state index contributed by atoms with van der Waals surface area (Å²) in [6.07, 6.45) is 5.11. The van der Waals surface area contributed by atoms with Gasteiger partial charge in [-0.2, -0.15) is 0 Å². The van der Waals surface area contributed by atoms with E-state index < -0.39 is 11.0 Å². The van der Waals surface area contributed by atoms with Gasteiger partial charge in [-0.1, -0.05) is 18.9 Å². The van der Waals surface area contributed by atoms with E-state index in [0.29, 0.717) is 17.9 Å². The Bertz CT molecular complexity index is 795. The zero-order valence-electron chi connectivity index (χ0n) is 15.3. The van der Waals surface area contributed by atoms with Crippen molar-refractivity contribution in [3.05, 3.63) is 34.4 Å². The highest BCUT2D eigenvalue weighted by molar-refractivity contribution is 8.01. The molecule has 0 spiro atoms. The number of hydrogen-bond acceptors (Lipinski definition) is 5. The maximum atomic E-state index is 13.6. The number of benzene rings is 1. The summed E-state index contributed by atoms with van der Waals surface area (Å²) in [7, 11) is 0. The lowest BCUT2D eigenvalue weighted by Crippen LogP contribution is -2.53. The zero-order chi connectivity index (χ0) is 19.2. The first-order valence-corrected chi connectivity index (χ1v) is 10.4. The minimum atomic E-state index is -0.491. The van der Waals surface area contributed by atoms with Gasteiger partial charge >= 0.3 is 0 Å². The predicted molar refractivity (Wildman–Crippen MR) is 104 cm³/mol. The van der Waals surface area contributed by atoms with Crippen molar-refractivity contribution in [1.82, 2.24) is 4.90 Å². The molecule has 7 nitrogen and oxygen atoms in total. The van der Waals surface area contributed by atoms with Gasteiger partial charge < -0.3 is 9.80 Å². The molecule has 3 aliphatic rings. The Hall–Kier alpha value is -2.09. The van der Waals surface area contributed by atoms with E-state index in [2.05, 4.69) is 0 Å². The van der Waals surface area contributed by atoms with Crippen LogP contribution in [0, 0.1) is 10.1 Å². The van der Waals surface area contributed by atoms with Gasteiger partial charge in [0.2, 0.25) is 5.91 Å². The van der Waals surface area contributed by atoms with Crippen LogP contribution in [0.4, 0.5) is 11.4 Å². The number of nitro benzene ring substituents is 1. The van der Waals surface area contributed by atoms with Crippen LogP contribution in [0.15, 0.2) is 24.3 Å². The molecule has 1 aromatic carbocycles. The molecule has 0 unspecified atom stereocenters. The van der Waals surface area contributed by atoms with Gasteiger partial charge in [0.25, 0.3) is 11.6 Å². The average molecular weight is 389 g/mol. The summed E-state index contributed by atoms with van der Waals surface area (Å²) in [5, 5.41) is 11.2. The molecular weight excluding hydrogens is 366 g/mol. The number of nitro groups is 1. The predicted octanol–water partition coefficient (Wildman–Crippen LogP) is 3.32. The summed E-state index contributed by atoms with van der Waals surface area (Å²) in [5.74, 6) is 0.513. The summed E-state index contributed by atoms with van der Waals surface area (Å²) < 4.78 is 0. The van der Waals surface area contributed by atoms with Crippen LogP contribution in [-0.4, -0.2) is 44.3 Å². The molecule has 0 bridgehead atoms. The van der Waals surface area contributed by atoms with E-state index in [4.69, 9.17) is 0 Å². The fourth-order valence-electron chi connectivity index (χ4n) is 4.60. The Morgan fingerprint density at radius 3 is 2.81 bits per heavy atom. The van der Waals surface area contributed by atoms with Crippen LogP contribution in [0.2, 0.25) is 0 Å². The number of thioether (sulfide) groups is 1. The van der Waals surface area contributed by atoms with E-state index in [1.165, 1.54) is 12.1 Å². The Labute approximate surface area is 162 Å². The molecule has 1 saturated carbocycles. The lowest BCUT2D eigenvalue weighted by Gasteiger charge is -2.35. The zero-order valence-corrected chi connectivity index (χ0v) is 16.1. The minimum Gasteiger partial charge on any atom is -0.315 e. The lowest BCUT2D eigenvalue weighted by atomic mass is 10.1. The van der Waals surface area contributed by atoms with Crippen molar-refractivity contribution in [3.8, 4) is 0 Å². The van der Waals surface area contributed by atoms with Gasteiger partial charge in [0.05, 0.1) is 15.5 Å².